The first-order valence-corrected chi connectivity index (χ1v) is 17.5. The Hall–Kier alpha value is -6.09. The molecule has 0 aliphatic carbocycles. The summed E-state index contributed by atoms with van der Waals surface area (Å²) in [5.74, 6) is 0. The van der Waals surface area contributed by atoms with Crippen LogP contribution in [0.4, 0.5) is 5.69 Å². The molecule has 7 aromatic rings. The minimum atomic E-state index is 0.772. The predicted molar refractivity (Wildman–Crippen MR) is 225 cm³/mol. The van der Waals surface area contributed by atoms with Crippen LogP contribution in [0.5, 0.6) is 0 Å². The quantitative estimate of drug-likeness (QED) is 0.0934. The number of hydrogen-bond acceptors (Lipinski definition) is 2. The molecule has 0 aromatic heterocycles. The lowest BCUT2D eigenvalue weighted by molar-refractivity contribution is 1.27. The molecule has 2 heteroatoms. The van der Waals surface area contributed by atoms with Crippen LogP contribution in [0.1, 0.15) is 5.56 Å². The second kappa shape index (κ2) is 19.8. The van der Waals surface area contributed by atoms with Gasteiger partial charge in [-0.2, -0.15) is 0 Å². The second-order valence-electron chi connectivity index (χ2n) is 11.8. The number of hydrogen-bond donors (Lipinski definition) is 2. The lowest BCUT2D eigenvalue weighted by Crippen LogP contribution is -1.88. The molecule has 0 atom stereocenters. The molecule has 7 aromatic carbocycles. The normalized spacial score (nSPS) is 10.5. The van der Waals surface area contributed by atoms with Crippen LogP contribution in [0.25, 0.3) is 44.5 Å². The third-order valence-electron chi connectivity index (χ3n) is 8.09. The number of nitrogen functional groups attached to an aromatic ring is 1. The lowest BCUT2D eigenvalue weighted by atomic mass is 9.97. The van der Waals surface area contributed by atoms with E-state index in [1.165, 1.54) is 33.4 Å². The predicted octanol–water partition coefficient (Wildman–Crippen LogP) is 13.4. The third-order valence-corrected chi connectivity index (χ3v) is 8.48. The minimum absolute atomic E-state index is 0.772. The smallest absolute Gasteiger partial charge is 0.0314 e. The van der Waals surface area contributed by atoms with E-state index >= 15 is 0 Å². The maximum atomic E-state index is 5.81. The Labute approximate surface area is 309 Å². The van der Waals surface area contributed by atoms with Gasteiger partial charge >= 0.3 is 0 Å². The van der Waals surface area contributed by atoms with Crippen molar-refractivity contribution in [2.45, 2.75) is 11.3 Å². The fraction of sp³-hybridized carbons (Fsp3) is 0.0204. The summed E-state index contributed by atoms with van der Waals surface area (Å²) < 4.78 is 0. The lowest BCUT2D eigenvalue weighted by Gasteiger charge is -2.10. The number of anilines is 1. The molecule has 0 heterocycles. The zero-order chi connectivity index (χ0) is 35.5. The highest BCUT2D eigenvalue weighted by molar-refractivity contribution is 7.80. The summed E-state index contributed by atoms with van der Waals surface area (Å²) in [5, 5.41) is 0. The van der Waals surface area contributed by atoms with Crippen LogP contribution in [0.2, 0.25) is 0 Å². The van der Waals surface area contributed by atoms with Gasteiger partial charge in [-0.05, 0) is 80.8 Å². The molecule has 0 saturated heterocycles. The monoisotopic (exact) mass is 677 g/mol. The van der Waals surface area contributed by atoms with Crippen LogP contribution in [-0.4, -0.2) is 0 Å². The van der Waals surface area contributed by atoms with Gasteiger partial charge in [0.15, 0.2) is 0 Å². The van der Waals surface area contributed by atoms with Crippen molar-refractivity contribution in [3.05, 3.63) is 231 Å². The highest BCUT2D eigenvalue weighted by atomic mass is 32.1. The molecule has 0 aliphatic rings. The molecular formula is C49H43NS. The first-order chi connectivity index (χ1) is 25.1. The second-order valence-corrected chi connectivity index (χ2v) is 12.3. The van der Waals surface area contributed by atoms with E-state index in [0.717, 1.165) is 33.7 Å². The Balaban J connectivity index is 0.000000172. The van der Waals surface area contributed by atoms with E-state index in [0.29, 0.717) is 0 Å². The summed E-state index contributed by atoms with van der Waals surface area (Å²) in [5.41, 5.74) is 17.5. The molecule has 1 nitrogen and oxygen atoms in total. The maximum Gasteiger partial charge on any atom is 0.0314 e. The van der Waals surface area contributed by atoms with Crippen LogP contribution in [0.3, 0.4) is 0 Å². The fourth-order valence-electron chi connectivity index (χ4n) is 5.44. The summed E-state index contributed by atoms with van der Waals surface area (Å²) in [6.07, 6.45) is 10.7. The standard InChI is InChI=1S/C25H23NS.2C12H10/c1-2-3-4-5-6-8-19-9-7-10-22(17-19)24-18-21(13-16-25(24)27)20-11-14-23(26)15-12-20;2*1-3-7-11(8-4-1)12-9-5-2-6-10-12/h2-7,9-18,27H,1,8,26H2;2*1-10H/b4-3-,6-5-;;. The number of benzene rings is 7. The van der Waals surface area contributed by atoms with Gasteiger partial charge in [-0.3, -0.25) is 0 Å². The van der Waals surface area contributed by atoms with E-state index in [2.05, 4.69) is 165 Å². The van der Waals surface area contributed by atoms with Crippen LogP contribution >= 0.6 is 12.6 Å². The molecule has 0 unspecified atom stereocenters. The van der Waals surface area contributed by atoms with E-state index in [4.69, 9.17) is 5.73 Å². The molecule has 0 amide bonds. The van der Waals surface area contributed by atoms with Crippen molar-refractivity contribution in [1.29, 1.82) is 0 Å². The average Bonchev–Trinajstić information content (AvgIpc) is 3.20. The van der Waals surface area contributed by atoms with Gasteiger partial charge in [0.25, 0.3) is 0 Å². The fourth-order valence-corrected chi connectivity index (χ4v) is 5.70. The topological polar surface area (TPSA) is 26.0 Å². The van der Waals surface area contributed by atoms with Gasteiger partial charge in [-0.15, -0.1) is 12.6 Å². The Kier molecular flexibility index (Phi) is 14.0. The van der Waals surface area contributed by atoms with Gasteiger partial charge in [0.2, 0.25) is 0 Å². The number of allylic oxidation sites excluding steroid dienone is 5. The van der Waals surface area contributed by atoms with Crippen LogP contribution < -0.4 is 5.73 Å². The molecule has 0 radical (unpaired) electrons. The van der Waals surface area contributed by atoms with Crippen LogP contribution in [0.15, 0.2) is 230 Å². The van der Waals surface area contributed by atoms with Crippen molar-refractivity contribution in [2.75, 3.05) is 5.73 Å². The number of nitrogens with two attached hydrogens (primary N) is 1. The minimum Gasteiger partial charge on any atom is -0.399 e. The zero-order valence-electron chi connectivity index (χ0n) is 28.7. The molecule has 51 heavy (non-hydrogen) atoms. The average molecular weight is 678 g/mol. The molecule has 0 spiro atoms. The summed E-state index contributed by atoms with van der Waals surface area (Å²) in [6, 6.07) is 64.4. The van der Waals surface area contributed by atoms with Gasteiger partial charge in [0.1, 0.15) is 0 Å². The summed E-state index contributed by atoms with van der Waals surface area (Å²) in [4.78, 5) is 0.968. The Morgan fingerprint density at radius 3 is 1.37 bits per heavy atom. The van der Waals surface area contributed by atoms with E-state index < -0.39 is 0 Å². The number of thiol groups is 1. The molecule has 0 fully saturated rings. The molecule has 0 aliphatic heterocycles. The first kappa shape index (κ1) is 36.2. The summed E-state index contributed by atoms with van der Waals surface area (Å²) in [7, 11) is 0. The Morgan fingerprint density at radius 2 is 0.882 bits per heavy atom. The molecule has 2 N–H and O–H groups in total. The van der Waals surface area contributed by atoms with Gasteiger partial charge in [0, 0.05) is 10.6 Å². The van der Waals surface area contributed by atoms with E-state index in [1.807, 2.05) is 66.8 Å². The molecular weight excluding hydrogens is 635 g/mol. The molecule has 0 bridgehead atoms. The van der Waals surface area contributed by atoms with E-state index in [1.54, 1.807) is 6.08 Å². The summed E-state index contributed by atoms with van der Waals surface area (Å²) in [6.45, 7) is 3.67. The molecule has 0 saturated carbocycles. The van der Waals surface area contributed by atoms with Crippen molar-refractivity contribution in [3.8, 4) is 44.5 Å². The zero-order valence-corrected chi connectivity index (χ0v) is 29.6. The molecule has 7 rings (SSSR count). The highest BCUT2D eigenvalue weighted by Crippen LogP contribution is 2.32. The third kappa shape index (κ3) is 11.5. The van der Waals surface area contributed by atoms with Crippen LogP contribution in [0, 0.1) is 0 Å². The van der Waals surface area contributed by atoms with Crippen molar-refractivity contribution < 1.29 is 0 Å². The van der Waals surface area contributed by atoms with Crippen molar-refractivity contribution in [1.82, 2.24) is 0 Å². The van der Waals surface area contributed by atoms with Crippen LogP contribution in [-0.2, 0) is 6.42 Å². The number of rotatable bonds is 8. The molecule has 250 valence electrons. The first-order valence-electron chi connectivity index (χ1n) is 17.0. The van der Waals surface area contributed by atoms with E-state index in [9.17, 15) is 0 Å². The van der Waals surface area contributed by atoms with Gasteiger partial charge in [0.05, 0.1) is 0 Å². The Morgan fingerprint density at radius 1 is 0.431 bits per heavy atom. The SMILES string of the molecule is C=C/C=C\C=C/Cc1cccc(-c2cc(-c3ccc(N)cc3)ccc2S)c1.c1ccc(-c2ccccc2)cc1.c1ccc(-c2ccccc2)cc1. The van der Waals surface area contributed by atoms with Gasteiger partial charge in [-0.25, -0.2) is 0 Å². The highest BCUT2D eigenvalue weighted by Gasteiger charge is 2.07. The van der Waals surface area contributed by atoms with Crippen molar-refractivity contribution >= 4 is 18.3 Å². The maximum absolute atomic E-state index is 5.81. The summed E-state index contributed by atoms with van der Waals surface area (Å²) >= 11 is 4.68. The van der Waals surface area contributed by atoms with E-state index in [-0.39, 0.29) is 0 Å². The largest absolute Gasteiger partial charge is 0.399 e. The Bertz CT molecular complexity index is 1970. The van der Waals surface area contributed by atoms with Crippen molar-refractivity contribution in [2.24, 2.45) is 0 Å². The van der Waals surface area contributed by atoms with Crippen molar-refractivity contribution in [3.63, 3.8) is 0 Å². The van der Waals surface area contributed by atoms with Gasteiger partial charge in [-0.1, -0.05) is 201 Å². The van der Waals surface area contributed by atoms with Gasteiger partial charge < -0.3 is 5.73 Å².